The number of aromatic nitrogens is 2. The summed E-state index contributed by atoms with van der Waals surface area (Å²) in [5.41, 5.74) is 6.42. The summed E-state index contributed by atoms with van der Waals surface area (Å²) in [5.74, 6) is 0.0591. The van der Waals surface area contributed by atoms with E-state index in [0.717, 1.165) is 0 Å². The molecule has 0 aromatic carbocycles. The van der Waals surface area contributed by atoms with Gasteiger partial charge in [-0.25, -0.2) is 0 Å². The highest BCUT2D eigenvalue weighted by Crippen LogP contribution is 2.08. The van der Waals surface area contributed by atoms with Gasteiger partial charge in [-0.05, 0) is 5.92 Å². The number of carbonyl (C=O) groups excluding carboxylic acids is 1. The molecule has 6 heteroatoms. The zero-order chi connectivity index (χ0) is 12.1. The topological polar surface area (TPSA) is 82.2 Å². The molecule has 6 nitrogen and oxygen atoms in total. The van der Waals surface area contributed by atoms with Crippen LogP contribution in [-0.2, 0) is 11.8 Å². The zero-order valence-corrected chi connectivity index (χ0v) is 9.86. The third kappa shape index (κ3) is 2.96. The number of nitrogen functional groups attached to an aromatic ring is 1. The number of amides is 1. The minimum Gasteiger partial charge on any atom is -0.396 e. The number of aryl methyl sites for hydroxylation is 1. The molecule has 0 spiro atoms. The first-order chi connectivity index (χ1) is 7.56. The molecular weight excluding hydrogens is 208 g/mol. The minimum atomic E-state index is -0.208. The number of methoxy groups -OCH3 is 1. The molecule has 0 fully saturated rings. The molecule has 0 saturated heterocycles. The van der Waals surface area contributed by atoms with Crippen LogP contribution in [0.4, 0.5) is 5.69 Å². The van der Waals surface area contributed by atoms with Crippen LogP contribution in [0.3, 0.4) is 0 Å². The number of nitrogens with two attached hydrogens (primary N) is 1. The second-order valence-electron chi connectivity index (χ2n) is 3.84. The quantitative estimate of drug-likeness (QED) is 0.741. The normalized spacial score (nSPS) is 12.4. The third-order valence-electron chi connectivity index (χ3n) is 2.24. The second kappa shape index (κ2) is 5.50. The van der Waals surface area contributed by atoms with Gasteiger partial charge in [0.15, 0.2) is 0 Å². The van der Waals surface area contributed by atoms with Crippen molar-refractivity contribution in [3.8, 4) is 0 Å². The molecule has 16 heavy (non-hydrogen) atoms. The van der Waals surface area contributed by atoms with Gasteiger partial charge in [0, 0.05) is 20.7 Å². The number of carbonyl (C=O) groups is 1. The van der Waals surface area contributed by atoms with Crippen molar-refractivity contribution >= 4 is 11.6 Å². The van der Waals surface area contributed by atoms with E-state index in [9.17, 15) is 4.79 Å². The number of ether oxygens (including phenoxy) is 1. The van der Waals surface area contributed by atoms with Crippen LogP contribution in [0.1, 0.15) is 17.4 Å². The standard InChI is InChI=1S/C10H18N4O2/c1-7(6-16-3)4-12-10(15)9-8(11)5-13-14(9)2/h5,7H,4,6,11H2,1-3H3,(H,12,15). The Bertz CT molecular complexity index is 342. The fourth-order valence-corrected chi connectivity index (χ4v) is 1.43. The van der Waals surface area contributed by atoms with Crippen LogP contribution < -0.4 is 11.1 Å². The van der Waals surface area contributed by atoms with Crippen LogP contribution >= 0.6 is 0 Å². The first-order valence-corrected chi connectivity index (χ1v) is 5.10. The zero-order valence-electron chi connectivity index (χ0n) is 9.86. The van der Waals surface area contributed by atoms with Crippen molar-refractivity contribution < 1.29 is 9.53 Å². The molecule has 0 saturated carbocycles. The van der Waals surface area contributed by atoms with Crippen LogP contribution in [-0.4, -0.2) is 35.9 Å². The largest absolute Gasteiger partial charge is 0.396 e. The number of rotatable bonds is 5. The van der Waals surface area contributed by atoms with E-state index in [1.807, 2.05) is 6.92 Å². The molecule has 1 unspecified atom stereocenters. The third-order valence-corrected chi connectivity index (χ3v) is 2.24. The Morgan fingerprint density at radius 2 is 2.44 bits per heavy atom. The Hall–Kier alpha value is -1.56. The van der Waals surface area contributed by atoms with Crippen molar-refractivity contribution in [2.24, 2.45) is 13.0 Å². The molecule has 0 aliphatic rings. The molecular formula is C10H18N4O2. The Morgan fingerprint density at radius 3 is 2.94 bits per heavy atom. The van der Waals surface area contributed by atoms with Gasteiger partial charge in [-0.2, -0.15) is 5.10 Å². The van der Waals surface area contributed by atoms with E-state index in [0.29, 0.717) is 24.5 Å². The van der Waals surface area contributed by atoms with Crippen LogP contribution in [0, 0.1) is 5.92 Å². The molecule has 1 aromatic rings. The van der Waals surface area contributed by atoms with Crippen molar-refractivity contribution in [2.45, 2.75) is 6.92 Å². The predicted octanol–water partition coefficient (Wildman–Crippen LogP) is 0.0146. The fraction of sp³-hybridized carbons (Fsp3) is 0.600. The number of nitrogens with zero attached hydrogens (tertiary/aromatic N) is 2. The summed E-state index contributed by atoms with van der Waals surface area (Å²) in [6.07, 6.45) is 1.47. The minimum absolute atomic E-state index is 0.208. The van der Waals surface area contributed by atoms with E-state index in [1.54, 1.807) is 14.2 Å². The van der Waals surface area contributed by atoms with E-state index < -0.39 is 0 Å². The molecule has 0 aliphatic heterocycles. The van der Waals surface area contributed by atoms with Crippen LogP contribution in [0.25, 0.3) is 0 Å². The maximum Gasteiger partial charge on any atom is 0.271 e. The van der Waals surface area contributed by atoms with Gasteiger partial charge in [0.05, 0.1) is 18.5 Å². The van der Waals surface area contributed by atoms with Crippen molar-refractivity contribution in [1.29, 1.82) is 0 Å². The Balaban J connectivity index is 2.53. The number of hydrogen-bond donors (Lipinski definition) is 2. The molecule has 0 radical (unpaired) electrons. The monoisotopic (exact) mass is 226 g/mol. The lowest BCUT2D eigenvalue weighted by atomic mass is 10.2. The highest BCUT2D eigenvalue weighted by atomic mass is 16.5. The van der Waals surface area contributed by atoms with E-state index >= 15 is 0 Å². The summed E-state index contributed by atoms with van der Waals surface area (Å²) in [4.78, 5) is 11.8. The SMILES string of the molecule is COCC(C)CNC(=O)c1c(N)cnn1C. The average molecular weight is 226 g/mol. The summed E-state index contributed by atoms with van der Waals surface area (Å²) in [5, 5.41) is 6.70. The predicted molar refractivity (Wildman–Crippen MR) is 61.0 cm³/mol. The van der Waals surface area contributed by atoms with E-state index in [-0.39, 0.29) is 11.8 Å². The van der Waals surface area contributed by atoms with Crippen molar-refractivity contribution in [2.75, 3.05) is 26.0 Å². The van der Waals surface area contributed by atoms with Gasteiger partial charge < -0.3 is 15.8 Å². The van der Waals surface area contributed by atoms with Crippen molar-refractivity contribution in [1.82, 2.24) is 15.1 Å². The first-order valence-electron chi connectivity index (χ1n) is 5.10. The average Bonchev–Trinajstić information content (AvgIpc) is 2.56. The summed E-state index contributed by atoms with van der Waals surface area (Å²) in [7, 11) is 3.32. The maximum absolute atomic E-state index is 11.8. The number of hydrogen-bond acceptors (Lipinski definition) is 4. The van der Waals surface area contributed by atoms with Gasteiger partial charge in [0.1, 0.15) is 5.69 Å². The summed E-state index contributed by atoms with van der Waals surface area (Å²) in [6.45, 7) is 3.16. The second-order valence-corrected chi connectivity index (χ2v) is 3.84. The molecule has 1 aromatic heterocycles. The van der Waals surface area contributed by atoms with Crippen molar-refractivity contribution in [3.63, 3.8) is 0 Å². The lowest BCUT2D eigenvalue weighted by Gasteiger charge is -2.11. The molecule has 90 valence electrons. The Kier molecular flexibility index (Phi) is 4.30. The van der Waals surface area contributed by atoms with Crippen LogP contribution in [0.5, 0.6) is 0 Å². The molecule has 3 N–H and O–H groups in total. The maximum atomic E-state index is 11.8. The Morgan fingerprint density at radius 1 is 1.75 bits per heavy atom. The molecule has 1 heterocycles. The molecule has 1 atom stereocenters. The Labute approximate surface area is 94.8 Å². The molecule has 1 amide bonds. The van der Waals surface area contributed by atoms with Crippen LogP contribution in [0.15, 0.2) is 6.20 Å². The van der Waals surface area contributed by atoms with Gasteiger partial charge >= 0.3 is 0 Å². The van der Waals surface area contributed by atoms with Gasteiger partial charge in [-0.3, -0.25) is 9.48 Å². The van der Waals surface area contributed by atoms with Gasteiger partial charge in [0.2, 0.25) is 0 Å². The highest BCUT2D eigenvalue weighted by molar-refractivity contribution is 5.97. The van der Waals surface area contributed by atoms with Crippen LogP contribution in [0.2, 0.25) is 0 Å². The summed E-state index contributed by atoms with van der Waals surface area (Å²) in [6, 6.07) is 0. The molecule has 0 aliphatic carbocycles. The van der Waals surface area contributed by atoms with Gasteiger partial charge in [-0.1, -0.05) is 6.92 Å². The highest BCUT2D eigenvalue weighted by Gasteiger charge is 2.15. The molecule has 1 rings (SSSR count). The number of anilines is 1. The summed E-state index contributed by atoms with van der Waals surface area (Å²) >= 11 is 0. The van der Waals surface area contributed by atoms with Gasteiger partial charge in [0.25, 0.3) is 5.91 Å². The van der Waals surface area contributed by atoms with E-state index in [4.69, 9.17) is 10.5 Å². The summed E-state index contributed by atoms with van der Waals surface area (Å²) < 4.78 is 6.44. The lowest BCUT2D eigenvalue weighted by molar-refractivity contribution is 0.0925. The van der Waals surface area contributed by atoms with E-state index in [2.05, 4.69) is 10.4 Å². The smallest absolute Gasteiger partial charge is 0.271 e. The van der Waals surface area contributed by atoms with Gasteiger partial charge in [-0.15, -0.1) is 0 Å². The van der Waals surface area contributed by atoms with E-state index in [1.165, 1.54) is 10.9 Å². The fourth-order valence-electron chi connectivity index (χ4n) is 1.43. The lowest BCUT2D eigenvalue weighted by Crippen LogP contribution is -2.31. The first kappa shape index (κ1) is 12.5. The van der Waals surface area contributed by atoms with Crippen molar-refractivity contribution in [3.05, 3.63) is 11.9 Å². The number of nitrogens with one attached hydrogen (secondary N) is 1. The molecule has 0 bridgehead atoms.